The molecule has 3 rings (SSSR count). The predicted octanol–water partition coefficient (Wildman–Crippen LogP) is 2.80. The van der Waals surface area contributed by atoms with E-state index < -0.39 is 0 Å². The van der Waals surface area contributed by atoms with E-state index in [0.29, 0.717) is 11.0 Å². The predicted molar refractivity (Wildman–Crippen MR) is 75.6 cm³/mol. The van der Waals surface area contributed by atoms with Crippen molar-refractivity contribution >= 4 is 28.7 Å². The van der Waals surface area contributed by atoms with Gasteiger partial charge in [-0.05, 0) is 29.8 Å². The maximum atomic E-state index is 5.64. The highest BCUT2D eigenvalue weighted by molar-refractivity contribution is 7.98. The van der Waals surface area contributed by atoms with Gasteiger partial charge in [0.2, 0.25) is 0 Å². The average molecular weight is 272 g/mol. The second kappa shape index (κ2) is 5.29. The summed E-state index contributed by atoms with van der Waals surface area (Å²) in [5.41, 5.74) is 5.32. The van der Waals surface area contributed by atoms with E-state index in [-0.39, 0.29) is 0 Å². The van der Waals surface area contributed by atoms with Gasteiger partial charge in [0.25, 0.3) is 5.22 Å². The van der Waals surface area contributed by atoms with E-state index in [9.17, 15) is 0 Å². The number of nitrogens with one attached hydrogen (secondary N) is 1. The van der Waals surface area contributed by atoms with Crippen molar-refractivity contribution in [2.24, 2.45) is 5.84 Å². The highest BCUT2D eigenvalue weighted by atomic mass is 32.2. The van der Waals surface area contributed by atoms with E-state index in [2.05, 4.69) is 15.4 Å². The fourth-order valence-corrected chi connectivity index (χ4v) is 2.48. The summed E-state index contributed by atoms with van der Waals surface area (Å²) in [4.78, 5) is 8.47. The van der Waals surface area contributed by atoms with Crippen LogP contribution in [-0.4, -0.2) is 9.97 Å². The van der Waals surface area contributed by atoms with Crippen LogP contribution in [0.3, 0.4) is 0 Å². The van der Waals surface area contributed by atoms with Gasteiger partial charge in [-0.25, -0.2) is 15.8 Å². The Morgan fingerprint density at radius 2 is 2.16 bits per heavy atom. The van der Waals surface area contributed by atoms with Crippen LogP contribution in [0.25, 0.3) is 11.1 Å². The van der Waals surface area contributed by atoms with Crippen molar-refractivity contribution in [2.45, 2.75) is 11.0 Å². The largest absolute Gasteiger partial charge is 0.431 e. The molecule has 0 bridgehead atoms. The summed E-state index contributed by atoms with van der Waals surface area (Å²) in [6.45, 7) is 0. The maximum absolute atomic E-state index is 5.64. The molecular formula is C13H12N4OS. The molecule has 0 spiro atoms. The zero-order valence-electron chi connectivity index (χ0n) is 10.0. The topological polar surface area (TPSA) is 77.0 Å². The Kier molecular flexibility index (Phi) is 3.35. The number of nitrogen functional groups attached to an aromatic ring is 1. The van der Waals surface area contributed by atoms with Crippen LogP contribution in [0.4, 0.5) is 5.82 Å². The highest BCUT2D eigenvalue weighted by Crippen LogP contribution is 2.26. The van der Waals surface area contributed by atoms with Gasteiger partial charge in [0.1, 0.15) is 11.3 Å². The normalized spacial score (nSPS) is 10.8. The molecule has 0 saturated heterocycles. The minimum absolute atomic E-state index is 0.649. The molecule has 19 heavy (non-hydrogen) atoms. The number of thioether (sulfide) groups is 1. The second-order valence-corrected chi connectivity index (χ2v) is 4.86. The van der Waals surface area contributed by atoms with Crippen LogP contribution in [0.5, 0.6) is 0 Å². The molecule has 0 fully saturated rings. The summed E-state index contributed by atoms with van der Waals surface area (Å²) in [5, 5.41) is 0.667. The zero-order chi connectivity index (χ0) is 13.1. The fourth-order valence-electron chi connectivity index (χ4n) is 1.70. The van der Waals surface area contributed by atoms with Crippen molar-refractivity contribution in [3.05, 3.63) is 48.2 Å². The first kappa shape index (κ1) is 12.0. The van der Waals surface area contributed by atoms with E-state index >= 15 is 0 Å². The Bertz CT molecular complexity index is 665. The summed E-state index contributed by atoms with van der Waals surface area (Å²) in [6.07, 6.45) is 1.72. The molecule has 0 aliphatic carbocycles. The summed E-state index contributed by atoms with van der Waals surface area (Å²) >= 11 is 1.54. The van der Waals surface area contributed by atoms with Crippen molar-refractivity contribution in [1.82, 2.24) is 9.97 Å². The van der Waals surface area contributed by atoms with Gasteiger partial charge in [0.15, 0.2) is 5.58 Å². The van der Waals surface area contributed by atoms with Gasteiger partial charge in [-0.15, -0.1) is 0 Å². The molecule has 0 aliphatic rings. The number of nitrogens with zero attached hydrogens (tertiary/aromatic N) is 2. The van der Waals surface area contributed by atoms with Crippen molar-refractivity contribution in [3.8, 4) is 0 Å². The van der Waals surface area contributed by atoms with Crippen molar-refractivity contribution in [3.63, 3.8) is 0 Å². The van der Waals surface area contributed by atoms with Crippen LogP contribution in [0.1, 0.15) is 5.56 Å². The SMILES string of the molecule is NNc1cc(CSc2nc3ccccc3o2)ccn1. The van der Waals surface area contributed by atoms with Gasteiger partial charge in [-0.2, -0.15) is 0 Å². The van der Waals surface area contributed by atoms with E-state index in [4.69, 9.17) is 10.3 Å². The lowest BCUT2D eigenvalue weighted by molar-refractivity contribution is 0.489. The lowest BCUT2D eigenvalue weighted by Crippen LogP contribution is -2.08. The summed E-state index contributed by atoms with van der Waals surface area (Å²) in [5.74, 6) is 6.73. The van der Waals surface area contributed by atoms with Gasteiger partial charge in [-0.1, -0.05) is 23.9 Å². The smallest absolute Gasteiger partial charge is 0.257 e. The van der Waals surface area contributed by atoms with Crippen molar-refractivity contribution in [1.29, 1.82) is 0 Å². The second-order valence-electron chi connectivity index (χ2n) is 3.93. The monoisotopic (exact) mass is 272 g/mol. The molecule has 0 atom stereocenters. The number of para-hydroxylation sites is 2. The fraction of sp³-hybridized carbons (Fsp3) is 0.0769. The zero-order valence-corrected chi connectivity index (χ0v) is 10.9. The van der Waals surface area contributed by atoms with E-state index in [1.165, 1.54) is 0 Å². The maximum Gasteiger partial charge on any atom is 0.257 e. The van der Waals surface area contributed by atoms with Gasteiger partial charge < -0.3 is 9.84 Å². The molecule has 6 heteroatoms. The first-order valence-electron chi connectivity index (χ1n) is 5.75. The molecule has 0 radical (unpaired) electrons. The number of anilines is 1. The van der Waals surface area contributed by atoms with Gasteiger partial charge >= 0.3 is 0 Å². The Labute approximate surface area is 114 Å². The van der Waals surface area contributed by atoms with Crippen LogP contribution >= 0.6 is 11.8 Å². The molecule has 3 N–H and O–H groups in total. The standard InChI is InChI=1S/C13H12N4OS/c14-17-12-7-9(5-6-15-12)8-19-13-16-10-3-1-2-4-11(10)18-13/h1-7H,8,14H2,(H,15,17). The molecular weight excluding hydrogens is 260 g/mol. The number of fused-ring (bicyclic) bond motifs is 1. The van der Waals surface area contributed by atoms with E-state index in [1.54, 1.807) is 18.0 Å². The first-order valence-corrected chi connectivity index (χ1v) is 6.73. The van der Waals surface area contributed by atoms with Gasteiger partial charge in [0, 0.05) is 11.9 Å². The molecule has 5 nitrogen and oxygen atoms in total. The Morgan fingerprint density at radius 3 is 3.00 bits per heavy atom. The van der Waals surface area contributed by atoms with Crippen molar-refractivity contribution < 1.29 is 4.42 Å². The summed E-state index contributed by atoms with van der Waals surface area (Å²) in [7, 11) is 0. The first-order chi connectivity index (χ1) is 9.35. The molecule has 1 aromatic carbocycles. The third kappa shape index (κ3) is 2.69. The molecule has 2 aromatic heterocycles. The van der Waals surface area contributed by atoms with Crippen LogP contribution < -0.4 is 11.3 Å². The van der Waals surface area contributed by atoms with Gasteiger partial charge in [-0.3, -0.25) is 0 Å². The number of pyridine rings is 1. The third-order valence-corrected chi connectivity index (χ3v) is 3.51. The highest BCUT2D eigenvalue weighted by Gasteiger charge is 2.06. The van der Waals surface area contributed by atoms with Crippen LogP contribution in [0, 0.1) is 0 Å². The lowest BCUT2D eigenvalue weighted by atomic mass is 10.3. The Balaban J connectivity index is 1.74. The lowest BCUT2D eigenvalue weighted by Gasteiger charge is -2.01. The van der Waals surface area contributed by atoms with E-state index in [0.717, 1.165) is 22.4 Å². The number of aromatic nitrogens is 2. The number of oxazole rings is 1. The quantitative estimate of drug-likeness (QED) is 0.432. The van der Waals surface area contributed by atoms with Crippen LogP contribution in [0.2, 0.25) is 0 Å². The number of hydrogen-bond donors (Lipinski definition) is 2. The molecule has 3 aromatic rings. The number of hydrazine groups is 1. The summed E-state index contributed by atoms with van der Waals surface area (Å²) < 4.78 is 5.64. The average Bonchev–Trinajstić information content (AvgIpc) is 2.88. The third-order valence-electron chi connectivity index (χ3n) is 2.61. The Morgan fingerprint density at radius 1 is 1.26 bits per heavy atom. The molecule has 0 saturated carbocycles. The molecule has 2 heterocycles. The molecule has 96 valence electrons. The van der Waals surface area contributed by atoms with Crippen LogP contribution in [0.15, 0.2) is 52.2 Å². The minimum atomic E-state index is 0.649. The number of hydrogen-bond acceptors (Lipinski definition) is 6. The molecule has 0 amide bonds. The van der Waals surface area contributed by atoms with Crippen LogP contribution in [-0.2, 0) is 5.75 Å². The number of nitrogens with two attached hydrogens (primary N) is 1. The van der Waals surface area contributed by atoms with Crippen molar-refractivity contribution in [2.75, 3.05) is 5.43 Å². The minimum Gasteiger partial charge on any atom is -0.431 e. The number of rotatable bonds is 4. The Hall–Kier alpha value is -2.05. The van der Waals surface area contributed by atoms with E-state index in [1.807, 2.05) is 36.4 Å². The number of benzene rings is 1. The van der Waals surface area contributed by atoms with Gasteiger partial charge in [0.05, 0.1) is 0 Å². The summed E-state index contributed by atoms with van der Waals surface area (Å²) in [6, 6.07) is 11.6. The molecule has 0 aliphatic heterocycles. The molecule has 0 unspecified atom stereocenters.